The number of hydrogen-bond donors (Lipinski definition) is 1. The van der Waals surface area contributed by atoms with Crippen molar-refractivity contribution in [3.63, 3.8) is 0 Å². The number of carbonyl (C=O) groups is 2. The Morgan fingerprint density at radius 2 is 1.96 bits per heavy atom. The highest BCUT2D eigenvalue weighted by atomic mass is 19.1. The highest BCUT2D eigenvalue weighted by Gasteiger charge is 2.48. The number of hydrogen-bond acceptors (Lipinski definition) is 5. The summed E-state index contributed by atoms with van der Waals surface area (Å²) in [6.07, 6.45) is 1.86. The third-order valence-corrected chi connectivity index (χ3v) is 4.87. The van der Waals surface area contributed by atoms with Gasteiger partial charge in [0, 0.05) is 6.04 Å². The zero-order valence-corrected chi connectivity index (χ0v) is 14.1. The lowest BCUT2D eigenvalue weighted by molar-refractivity contribution is -0.747. The summed E-state index contributed by atoms with van der Waals surface area (Å²) < 4.78 is 19.4. The van der Waals surface area contributed by atoms with Gasteiger partial charge < -0.3 is 0 Å². The van der Waals surface area contributed by atoms with Crippen LogP contribution in [0.5, 0.6) is 0 Å². The number of amides is 2. The Balaban J connectivity index is 1.61. The second-order valence-electron chi connectivity index (χ2n) is 6.65. The summed E-state index contributed by atoms with van der Waals surface area (Å²) in [6.45, 7) is 0.216. The number of aromatic nitrogens is 2. The molecule has 2 heterocycles. The predicted molar refractivity (Wildman–Crippen MR) is 86.4 cm³/mol. The lowest BCUT2D eigenvalue weighted by Gasteiger charge is -2.25. The van der Waals surface area contributed by atoms with E-state index < -0.39 is 17.5 Å². The number of halogens is 1. The Hall–Kier alpha value is -2.81. The largest absolute Gasteiger partial charge is 0.431 e. The summed E-state index contributed by atoms with van der Waals surface area (Å²) in [5, 5.41) is 2.46. The highest BCUT2D eigenvalue weighted by molar-refractivity contribution is 6.22. The molecule has 26 heavy (non-hydrogen) atoms. The molecule has 9 heteroatoms. The predicted octanol–water partition coefficient (Wildman–Crippen LogP) is 0.228. The summed E-state index contributed by atoms with van der Waals surface area (Å²) >= 11 is 0. The fourth-order valence-electron chi connectivity index (χ4n) is 3.34. The van der Waals surface area contributed by atoms with E-state index in [0.29, 0.717) is 11.4 Å². The first-order valence-electron chi connectivity index (χ1n) is 8.40. The number of H-pyrrole nitrogens is 1. The SMILES string of the molecule is C[n+]1[nH]oc(=O)c1CN(C1CC1)C1CC(=O)N(c2ccc(F)cc2)C1=O. The third kappa shape index (κ3) is 2.84. The van der Waals surface area contributed by atoms with Crippen LogP contribution in [0, 0.1) is 5.82 Å². The molecule has 0 spiro atoms. The number of anilines is 1. The Kier molecular flexibility index (Phi) is 3.95. The smallest absolute Gasteiger partial charge is 0.283 e. The van der Waals surface area contributed by atoms with Gasteiger partial charge in [-0.25, -0.2) is 14.1 Å². The maximum atomic E-state index is 13.1. The molecule has 136 valence electrons. The zero-order chi connectivity index (χ0) is 18.4. The van der Waals surface area contributed by atoms with Gasteiger partial charge in [-0.2, -0.15) is 0 Å². The van der Waals surface area contributed by atoms with Gasteiger partial charge in [0.25, 0.3) is 5.91 Å². The number of nitrogens with one attached hydrogen (secondary N) is 1. The van der Waals surface area contributed by atoms with Crippen LogP contribution in [0.1, 0.15) is 25.0 Å². The molecule has 2 fully saturated rings. The van der Waals surface area contributed by atoms with E-state index in [0.717, 1.165) is 17.7 Å². The van der Waals surface area contributed by atoms with Gasteiger partial charge in [-0.1, -0.05) is 4.68 Å². The zero-order valence-electron chi connectivity index (χ0n) is 14.1. The van der Waals surface area contributed by atoms with E-state index in [2.05, 4.69) is 5.27 Å². The van der Waals surface area contributed by atoms with E-state index in [1.54, 1.807) is 7.05 Å². The molecule has 2 aliphatic rings. The first-order chi connectivity index (χ1) is 12.5. The Bertz CT molecular complexity index is 916. The number of rotatable bonds is 5. The number of benzene rings is 1. The van der Waals surface area contributed by atoms with Crippen molar-refractivity contribution < 1.29 is 23.2 Å². The van der Waals surface area contributed by atoms with Crippen molar-refractivity contribution in [2.45, 2.75) is 37.9 Å². The molecule has 1 saturated carbocycles. The maximum Gasteiger partial charge on any atom is 0.431 e. The van der Waals surface area contributed by atoms with E-state index in [1.165, 1.54) is 28.9 Å². The molecule has 1 atom stereocenters. The lowest BCUT2D eigenvalue weighted by atomic mass is 10.2. The summed E-state index contributed by atoms with van der Waals surface area (Å²) in [5.74, 6) is -1.12. The molecule has 1 N–H and O–H groups in total. The lowest BCUT2D eigenvalue weighted by Crippen LogP contribution is -2.47. The Morgan fingerprint density at radius 1 is 1.27 bits per heavy atom. The maximum absolute atomic E-state index is 13.1. The molecule has 1 unspecified atom stereocenters. The summed E-state index contributed by atoms with van der Waals surface area (Å²) in [5.41, 5.74) is 0.244. The van der Waals surface area contributed by atoms with Crippen molar-refractivity contribution in [3.05, 3.63) is 46.2 Å². The van der Waals surface area contributed by atoms with E-state index in [4.69, 9.17) is 4.52 Å². The van der Waals surface area contributed by atoms with Gasteiger partial charge >= 0.3 is 11.3 Å². The minimum absolute atomic E-state index is 0.0339. The number of carbonyl (C=O) groups excluding carboxylic acids is 2. The molecule has 1 aromatic heterocycles. The molecular formula is C17H18FN4O4+. The number of imide groups is 1. The first-order valence-corrected chi connectivity index (χ1v) is 8.40. The third-order valence-electron chi connectivity index (χ3n) is 4.87. The van der Waals surface area contributed by atoms with Crippen LogP contribution in [0.2, 0.25) is 0 Å². The van der Waals surface area contributed by atoms with Crippen molar-refractivity contribution in [1.29, 1.82) is 0 Å². The van der Waals surface area contributed by atoms with Crippen molar-refractivity contribution in [1.82, 2.24) is 10.2 Å². The molecule has 0 radical (unpaired) electrons. The van der Waals surface area contributed by atoms with Crippen LogP contribution >= 0.6 is 0 Å². The first kappa shape index (κ1) is 16.6. The van der Waals surface area contributed by atoms with Gasteiger partial charge in [-0.05, 0) is 42.4 Å². The molecule has 0 bridgehead atoms. The average Bonchev–Trinajstić information content (AvgIpc) is 3.35. The van der Waals surface area contributed by atoms with Crippen LogP contribution in [0.15, 0.2) is 33.6 Å². The van der Waals surface area contributed by atoms with E-state index in [-0.39, 0.29) is 30.8 Å². The molecule has 1 saturated heterocycles. The second-order valence-corrected chi connectivity index (χ2v) is 6.65. The number of aromatic amines is 1. The fourth-order valence-corrected chi connectivity index (χ4v) is 3.34. The molecular weight excluding hydrogens is 343 g/mol. The molecule has 1 aromatic carbocycles. The molecule has 1 aliphatic heterocycles. The van der Waals surface area contributed by atoms with Crippen molar-refractivity contribution in [3.8, 4) is 0 Å². The van der Waals surface area contributed by atoms with E-state index in [1.807, 2.05) is 4.90 Å². The molecule has 4 rings (SSSR count). The molecule has 2 amide bonds. The molecule has 2 aromatic rings. The Labute approximate surface area is 147 Å². The van der Waals surface area contributed by atoms with Crippen molar-refractivity contribution in [2.24, 2.45) is 7.05 Å². The van der Waals surface area contributed by atoms with Crippen LogP contribution < -0.4 is 15.2 Å². The normalized spacial score (nSPS) is 20.4. The number of nitrogens with zero attached hydrogens (tertiary/aromatic N) is 3. The van der Waals surface area contributed by atoms with Gasteiger partial charge in [0.05, 0.1) is 24.7 Å². The Morgan fingerprint density at radius 3 is 2.54 bits per heavy atom. The van der Waals surface area contributed by atoms with Crippen LogP contribution in [-0.2, 0) is 23.2 Å². The van der Waals surface area contributed by atoms with Crippen LogP contribution in [0.3, 0.4) is 0 Å². The van der Waals surface area contributed by atoms with Crippen LogP contribution in [-0.4, -0.2) is 34.1 Å². The summed E-state index contributed by atoms with van der Waals surface area (Å²) in [6, 6.07) is 4.76. The van der Waals surface area contributed by atoms with Crippen LogP contribution in [0.25, 0.3) is 0 Å². The molecule has 1 aliphatic carbocycles. The molecule has 8 nitrogen and oxygen atoms in total. The van der Waals surface area contributed by atoms with Gasteiger partial charge in [0.1, 0.15) is 5.82 Å². The summed E-state index contributed by atoms with van der Waals surface area (Å²) in [4.78, 5) is 40.2. The monoisotopic (exact) mass is 361 g/mol. The summed E-state index contributed by atoms with van der Waals surface area (Å²) in [7, 11) is 1.65. The topological polar surface area (TPSA) is 90.5 Å². The van der Waals surface area contributed by atoms with E-state index in [9.17, 15) is 18.8 Å². The van der Waals surface area contributed by atoms with Gasteiger partial charge in [0.2, 0.25) is 5.91 Å². The van der Waals surface area contributed by atoms with Gasteiger partial charge in [-0.15, -0.1) is 0 Å². The van der Waals surface area contributed by atoms with Gasteiger partial charge in [0.15, 0.2) is 7.05 Å². The van der Waals surface area contributed by atoms with E-state index >= 15 is 0 Å². The number of aryl methyl sites for hydroxylation is 1. The fraction of sp³-hybridized carbons (Fsp3) is 0.412. The minimum atomic E-state index is -0.644. The standard InChI is InChI=1S/C17H17FN4O4/c1-20-14(17(25)26-19-20)9-21(11-6-7-11)13-8-15(23)22(16(13)24)12-4-2-10(18)3-5-12/h2-5,11,13H,6-9H2,1H3/p+1. The average molecular weight is 361 g/mol. The second kappa shape index (κ2) is 6.17. The minimum Gasteiger partial charge on any atom is -0.283 e. The quantitative estimate of drug-likeness (QED) is 0.608. The van der Waals surface area contributed by atoms with Crippen molar-refractivity contribution in [2.75, 3.05) is 4.90 Å². The highest BCUT2D eigenvalue weighted by Crippen LogP contribution is 2.34. The van der Waals surface area contributed by atoms with Crippen molar-refractivity contribution >= 4 is 17.5 Å². The van der Waals surface area contributed by atoms with Crippen LogP contribution in [0.4, 0.5) is 10.1 Å². The van der Waals surface area contributed by atoms with Gasteiger partial charge in [-0.3, -0.25) is 19.0 Å².